The van der Waals surface area contributed by atoms with Crippen LogP contribution < -0.4 is 5.32 Å². The number of rotatable bonds is 4. The maximum atomic E-state index is 6.53. The summed E-state index contributed by atoms with van der Waals surface area (Å²) in [5.41, 5.74) is 4.16. The van der Waals surface area contributed by atoms with Gasteiger partial charge in [-0.1, -0.05) is 76.2 Å². The molecule has 3 atom stereocenters. The number of ether oxygens (including phenoxy) is 1. The van der Waals surface area contributed by atoms with Crippen molar-refractivity contribution in [3.8, 4) is 0 Å². The van der Waals surface area contributed by atoms with Gasteiger partial charge in [0.15, 0.2) is 0 Å². The molecule has 0 aromatic heterocycles. The van der Waals surface area contributed by atoms with Gasteiger partial charge in [0.25, 0.3) is 0 Å². The molecule has 2 heterocycles. The lowest BCUT2D eigenvalue weighted by Crippen LogP contribution is -2.55. The van der Waals surface area contributed by atoms with Crippen LogP contribution in [0.15, 0.2) is 54.6 Å². The molecule has 0 saturated carbocycles. The number of hydrogen-bond donors (Lipinski definition) is 1. The Morgan fingerprint density at radius 1 is 0.962 bits per heavy atom. The molecule has 2 aliphatic rings. The topological polar surface area (TPSA) is 21.3 Å². The minimum absolute atomic E-state index is 0.0448. The van der Waals surface area contributed by atoms with Gasteiger partial charge in [0.2, 0.25) is 0 Å². The first-order valence-corrected chi connectivity index (χ1v) is 10.3. The zero-order valence-corrected chi connectivity index (χ0v) is 16.7. The molecule has 2 heteroatoms. The summed E-state index contributed by atoms with van der Waals surface area (Å²) in [6.45, 7) is 9.39. The van der Waals surface area contributed by atoms with E-state index in [9.17, 15) is 0 Å². The summed E-state index contributed by atoms with van der Waals surface area (Å²) >= 11 is 0. The Kier molecular flexibility index (Phi) is 6.03. The van der Waals surface area contributed by atoms with Crippen molar-refractivity contribution in [2.75, 3.05) is 11.9 Å². The van der Waals surface area contributed by atoms with Crippen LogP contribution in [0.1, 0.15) is 57.6 Å². The van der Waals surface area contributed by atoms with E-state index in [4.69, 9.17) is 4.74 Å². The molecule has 3 unspecified atom stereocenters. The minimum Gasteiger partial charge on any atom is -0.379 e. The number of para-hydroxylation sites is 1. The van der Waals surface area contributed by atoms with Crippen LogP contribution in [0.5, 0.6) is 0 Å². The fraction of sp³-hybridized carbons (Fsp3) is 0.500. The molecule has 26 heavy (non-hydrogen) atoms. The monoisotopic (exact) mass is 351 g/mol. The minimum atomic E-state index is -0.0448. The van der Waals surface area contributed by atoms with Crippen molar-refractivity contribution in [1.82, 2.24) is 0 Å². The molecule has 0 aliphatic carbocycles. The van der Waals surface area contributed by atoms with Crippen LogP contribution in [0.4, 0.5) is 5.69 Å². The lowest BCUT2D eigenvalue weighted by atomic mass is 9.70. The van der Waals surface area contributed by atoms with E-state index < -0.39 is 0 Å². The number of anilines is 1. The summed E-state index contributed by atoms with van der Waals surface area (Å²) in [5, 5.41) is 3.82. The molecule has 4 rings (SSSR count). The van der Waals surface area contributed by atoms with Crippen LogP contribution in [0.25, 0.3) is 0 Å². The number of fused-ring (bicyclic) bond motifs is 3. The fourth-order valence-electron chi connectivity index (χ4n) is 4.80. The molecule has 140 valence electrons. The Balaban J connectivity index is 0.000000948. The zero-order chi connectivity index (χ0) is 18.6. The van der Waals surface area contributed by atoms with Crippen LogP contribution >= 0.6 is 0 Å². The molecule has 0 radical (unpaired) electrons. The molecule has 0 amide bonds. The number of nitrogens with one attached hydrogen (secondary N) is 1. The van der Waals surface area contributed by atoms with E-state index in [0.29, 0.717) is 17.9 Å². The van der Waals surface area contributed by atoms with Crippen molar-refractivity contribution < 1.29 is 4.74 Å². The zero-order valence-electron chi connectivity index (χ0n) is 16.7. The van der Waals surface area contributed by atoms with Gasteiger partial charge in [0, 0.05) is 11.6 Å². The second-order valence-corrected chi connectivity index (χ2v) is 7.27. The van der Waals surface area contributed by atoms with Crippen molar-refractivity contribution in [3.63, 3.8) is 0 Å². The highest BCUT2D eigenvalue weighted by Crippen LogP contribution is 2.51. The average molecular weight is 352 g/mol. The highest BCUT2D eigenvalue weighted by atomic mass is 16.5. The second kappa shape index (κ2) is 8.26. The molecule has 1 fully saturated rings. The molecule has 2 aromatic rings. The molecule has 1 saturated heterocycles. The van der Waals surface area contributed by atoms with Crippen LogP contribution in [0, 0.1) is 5.92 Å². The maximum absolute atomic E-state index is 6.53. The average Bonchev–Trinajstić information content (AvgIpc) is 3.12. The first-order valence-electron chi connectivity index (χ1n) is 10.3. The summed E-state index contributed by atoms with van der Waals surface area (Å²) in [4.78, 5) is 0. The Labute approximate surface area is 159 Å². The summed E-state index contributed by atoms with van der Waals surface area (Å²) < 4.78 is 6.53. The molecule has 2 aliphatic heterocycles. The highest BCUT2D eigenvalue weighted by molar-refractivity contribution is 5.61. The van der Waals surface area contributed by atoms with Crippen LogP contribution in [-0.4, -0.2) is 18.2 Å². The van der Waals surface area contributed by atoms with Crippen molar-refractivity contribution >= 4 is 5.69 Å². The van der Waals surface area contributed by atoms with Crippen molar-refractivity contribution in [1.29, 1.82) is 0 Å². The second-order valence-electron chi connectivity index (χ2n) is 7.27. The fourth-order valence-corrected chi connectivity index (χ4v) is 4.80. The van der Waals surface area contributed by atoms with Gasteiger partial charge < -0.3 is 10.1 Å². The van der Waals surface area contributed by atoms with Crippen LogP contribution in [-0.2, 0) is 11.2 Å². The molecule has 2 aromatic carbocycles. The predicted molar refractivity (Wildman–Crippen MR) is 111 cm³/mol. The quantitative estimate of drug-likeness (QED) is 0.725. The summed E-state index contributed by atoms with van der Waals surface area (Å²) in [5.74, 6) is 1.06. The van der Waals surface area contributed by atoms with Crippen molar-refractivity contribution in [2.24, 2.45) is 5.92 Å². The van der Waals surface area contributed by atoms with Crippen molar-refractivity contribution in [2.45, 2.75) is 64.5 Å². The Morgan fingerprint density at radius 2 is 1.62 bits per heavy atom. The molecular formula is C24H33NO. The van der Waals surface area contributed by atoms with Crippen molar-refractivity contribution in [3.05, 3.63) is 65.7 Å². The molecule has 1 N–H and O–H groups in total. The van der Waals surface area contributed by atoms with E-state index in [0.717, 1.165) is 25.9 Å². The predicted octanol–water partition coefficient (Wildman–Crippen LogP) is 6.04. The lowest BCUT2D eigenvalue weighted by molar-refractivity contribution is -0.119. The third-order valence-corrected chi connectivity index (χ3v) is 6.19. The number of benzene rings is 2. The van der Waals surface area contributed by atoms with Gasteiger partial charge in [-0.3, -0.25) is 0 Å². The summed E-state index contributed by atoms with van der Waals surface area (Å²) in [7, 11) is 0. The maximum Gasteiger partial charge on any atom is 0.0883 e. The Morgan fingerprint density at radius 3 is 2.31 bits per heavy atom. The van der Waals surface area contributed by atoms with E-state index in [1.165, 1.54) is 16.8 Å². The van der Waals surface area contributed by atoms with E-state index >= 15 is 0 Å². The molecule has 2 nitrogen and oxygen atoms in total. The van der Waals surface area contributed by atoms with Gasteiger partial charge in [-0.05, 0) is 42.4 Å². The SMILES string of the molecule is CC.CCC1(CC)OCC(Cc2ccccc2)C2c3ccccc3NC21. The van der Waals surface area contributed by atoms with Gasteiger partial charge in [-0.2, -0.15) is 0 Å². The molecule has 0 bridgehead atoms. The molecule has 0 spiro atoms. The van der Waals surface area contributed by atoms with E-state index in [2.05, 4.69) is 73.8 Å². The standard InChI is InChI=1S/C22H27NO.C2H6/c1-3-22(4-2)21-20(18-12-8-9-13-19(18)23-21)17(15-24-22)14-16-10-6-5-7-11-16;1-2/h5-13,17,20-21,23H,3-4,14-15H2,1-2H3;1-2H3. The van der Waals surface area contributed by atoms with Gasteiger partial charge in [-0.15, -0.1) is 0 Å². The Bertz CT molecular complexity index is 692. The lowest BCUT2D eigenvalue weighted by Gasteiger charge is -2.48. The largest absolute Gasteiger partial charge is 0.379 e. The Hall–Kier alpha value is -1.80. The smallest absolute Gasteiger partial charge is 0.0883 e. The van der Waals surface area contributed by atoms with Gasteiger partial charge in [-0.25, -0.2) is 0 Å². The van der Waals surface area contributed by atoms with E-state index in [-0.39, 0.29) is 5.60 Å². The van der Waals surface area contributed by atoms with Gasteiger partial charge >= 0.3 is 0 Å². The normalized spacial score (nSPS) is 25.3. The van der Waals surface area contributed by atoms with Gasteiger partial charge in [0.1, 0.15) is 0 Å². The summed E-state index contributed by atoms with van der Waals surface area (Å²) in [6.07, 6.45) is 3.20. The van der Waals surface area contributed by atoms with E-state index in [1.54, 1.807) is 0 Å². The number of hydrogen-bond acceptors (Lipinski definition) is 2. The van der Waals surface area contributed by atoms with Gasteiger partial charge in [0.05, 0.1) is 18.2 Å². The van der Waals surface area contributed by atoms with E-state index in [1.807, 2.05) is 13.8 Å². The third-order valence-electron chi connectivity index (χ3n) is 6.19. The van der Waals surface area contributed by atoms with Crippen LogP contribution in [0.2, 0.25) is 0 Å². The third kappa shape index (κ3) is 3.27. The molecular weight excluding hydrogens is 318 g/mol. The van der Waals surface area contributed by atoms with Crippen LogP contribution in [0.3, 0.4) is 0 Å². The summed E-state index contributed by atoms with van der Waals surface area (Å²) in [6, 6.07) is 20.1. The first-order chi connectivity index (χ1) is 12.8. The highest BCUT2D eigenvalue weighted by Gasteiger charge is 2.52. The first kappa shape index (κ1) is 19.0.